The van der Waals surface area contributed by atoms with Crippen LogP contribution in [0.25, 0.3) is 0 Å². The molecule has 0 bridgehead atoms. The molecule has 2 aromatic rings. The van der Waals surface area contributed by atoms with E-state index in [0.717, 1.165) is 11.5 Å². The molecule has 0 aliphatic heterocycles. The van der Waals surface area contributed by atoms with Crippen LogP contribution in [0.2, 0.25) is 0 Å². The summed E-state index contributed by atoms with van der Waals surface area (Å²) >= 11 is 3.67. The molecule has 2 aromatic carbocycles. The average molecular weight is 345 g/mol. The van der Waals surface area contributed by atoms with E-state index in [1.54, 1.807) is 0 Å². The lowest BCUT2D eigenvalue weighted by Gasteiger charge is -2.09. The summed E-state index contributed by atoms with van der Waals surface area (Å²) in [6, 6.07) is 16.1. The molecule has 0 N–H and O–H groups in total. The van der Waals surface area contributed by atoms with Crippen LogP contribution in [-0.4, -0.2) is 18.2 Å². The SMILES string of the molecule is CC(C)Sc1ccc(O[B]Oc2ccc(SC(C)C)cc2)cc1. The standard InChI is InChI=1S/C18H22BO2S2/c1-13(2)22-17-9-5-15(6-10-17)20-19-21-16-7-11-18(12-8-16)23-14(3)4/h5-14H,1-4H3. The van der Waals surface area contributed by atoms with E-state index in [-0.39, 0.29) is 0 Å². The Labute approximate surface area is 148 Å². The zero-order valence-corrected chi connectivity index (χ0v) is 15.6. The zero-order valence-electron chi connectivity index (χ0n) is 14.0. The molecular formula is C18H22BO2S2. The van der Waals surface area contributed by atoms with Crippen molar-refractivity contribution in [3.63, 3.8) is 0 Å². The number of benzene rings is 2. The highest BCUT2D eigenvalue weighted by atomic mass is 32.2. The molecule has 0 heterocycles. The van der Waals surface area contributed by atoms with E-state index >= 15 is 0 Å². The van der Waals surface area contributed by atoms with E-state index in [1.165, 1.54) is 17.5 Å². The summed E-state index contributed by atoms with van der Waals surface area (Å²) in [4.78, 5) is 2.48. The van der Waals surface area contributed by atoms with Gasteiger partial charge in [-0.2, -0.15) is 0 Å². The molecule has 0 saturated carbocycles. The van der Waals surface area contributed by atoms with Crippen LogP contribution in [0.1, 0.15) is 27.7 Å². The van der Waals surface area contributed by atoms with Crippen molar-refractivity contribution in [3.05, 3.63) is 48.5 Å². The first-order chi connectivity index (χ1) is 11.0. The van der Waals surface area contributed by atoms with Crippen LogP contribution in [0.5, 0.6) is 11.5 Å². The van der Waals surface area contributed by atoms with Crippen molar-refractivity contribution in [1.29, 1.82) is 0 Å². The minimum atomic E-state index is 0.577. The summed E-state index contributed by atoms with van der Waals surface area (Å²) in [6.07, 6.45) is 0. The molecule has 0 aliphatic rings. The summed E-state index contributed by atoms with van der Waals surface area (Å²) in [7, 11) is 1.37. The first-order valence-corrected chi connectivity index (χ1v) is 9.47. The van der Waals surface area contributed by atoms with Gasteiger partial charge in [0, 0.05) is 20.3 Å². The molecule has 2 nitrogen and oxygen atoms in total. The van der Waals surface area contributed by atoms with E-state index < -0.39 is 0 Å². The van der Waals surface area contributed by atoms with Crippen LogP contribution in [-0.2, 0) is 0 Å². The Morgan fingerprint density at radius 2 is 1.00 bits per heavy atom. The smallest absolute Gasteiger partial charge is 0.526 e. The molecule has 1 radical (unpaired) electrons. The Morgan fingerprint density at radius 1 is 0.652 bits per heavy atom. The molecule has 0 amide bonds. The summed E-state index contributed by atoms with van der Waals surface area (Å²) in [5.41, 5.74) is 0. The molecule has 5 heteroatoms. The van der Waals surface area contributed by atoms with Gasteiger partial charge in [0.1, 0.15) is 11.5 Å². The van der Waals surface area contributed by atoms with E-state index in [1.807, 2.05) is 47.8 Å². The van der Waals surface area contributed by atoms with Gasteiger partial charge in [-0.25, -0.2) is 0 Å². The Hall–Kier alpha value is -1.20. The first-order valence-electron chi connectivity index (χ1n) is 7.71. The fourth-order valence-corrected chi connectivity index (χ4v) is 3.55. The van der Waals surface area contributed by atoms with E-state index in [2.05, 4.69) is 52.0 Å². The predicted molar refractivity (Wildman–Crippen MR) is 102 cm³/mol. The van der Waals surface area contributed by atoms with Crippen LogP contribution < -0.4 is 9.31 Å². The fourth-order valence-electron chi connectivity index (χ4n) is 1.87. The molecular weight excluding hydrogens is 323 g/mol. The van der Waals surface area contributed by atoms with Gasteiger partial charge in [-0.1, -0.05) is 27.7 Å². The molecule has 0 unspecified atom stereocenters. The van der Waals surface area contributed by atoms with Crippen LogP contribution in [0.3, 0.4) is 0 Å². The lowest BCUT2D eigenvalue weighted by molar-refractivity contribution is 0.458. The third-order valence-electron chi connectivity index (χ3n) is 2.76. The van der Waals surface area contributed by atoms with Crippen molar-refractivity contribution in [2.75, 3.05) is 0 Å². The minimum absolute atomic E-state index is 0.577. The Bertz CT molecular complexity index is 529. The predicted octanol–water partition coefficient (Wildman–Crippen LogP) is 5.68. The molecule has 0 aliphatic carbocycles. The Kier molecular flexibility index (Phi) is 7.25. The van der Waals surface area contributed by atoms with Crippen molar-refractivity contribution in [2.45, 2.75) is 48.0 Å². The summed E-state index contributed by atoms with van der Waals surface area (Å²) < 4.78 is 11.0. The van der Waals surface area contributed by atoms with E-state index in [0.29, 0.717) is 10.5 Å². The summed E-state index contributed by atoms with van der Waals surface area (Å²) in [5.74, 6) is 1.54. The van der Waals surface area contributed by atoms with Crippen molar-refractivity contribution < 1.29 is 9.31 Å². The van der Waals surface area contributed by atoms with Crippen LogP contribution >= 0.6 is 23.5 Å². The largest absolute Gasteiger partial charge is 0.658 e. The highest BCUT2D eigenvalue weighted by Gasteiger charge is 2.04. The summed E-state index contributed by atoms with van der Waals surface area (Å²) in [6.45, 7) is 8.73. The minimum Gasteiger partial charge on any atom is -0.526 e. The quantitative estimate of drug-likeness (QED) is 0.452. The van der Waals surface area contributed by atoms with Gasteiger partial charge in [-0.05, 0) is 48.5 Å². The normalized spacial score (nSPS) is 10.9. The zero-order chi connectivity index (χ0) is 16.7. The van der Waals surface area contributed by atoms with Crippen molar-refractivity contribution >= 4 is 31.2 Å². The van der Waals surface area contributed by atoms with Crippen molar-refractivity contribution in [3.8, 4) is 11.5 Å². The molecule has 23 heavy (non-hydrogen) atoms. The second-order valence-electron chi connectivity index (χ2n) is 5.61. The molecule has 0 saturated heterocycles. The summed E-state index contributed by atoms with van der Waals surface area (Å²) in [5, 5.41) is 1.15. The number of hydrogen-bond acceptors (Lipinski definition) is 4. The van der Waals surface area contributed by atoms with E-state index in [9.17, 15) is 0 Å². The maximum Gasteiger partial charge on any atom is 0.658 e. The molecule has 0 atom stereocenters. The van der Waals surface area contributed by atoms with E-state index in [4.69, 9.17) is 9.31 Å². The maximum atomic E-state index is 5.50. The maximum absolute atomic E-state index is 5.50. The lowest BCUT2D eigenvalue weighted by Crippen LogP contribution is -2.10. The topological polar surface area (TPSA) is 18.5 Å². The number of thioether (sulfide) groups is 2. The molecule has 2 rings (SSSR count). The molecule has 121 valence electrons. The fraction of sp³-hybridized carbons (Fsp3) is 0.333. The van der Waals surface area contributed by atoms with Gasteiger partial charge >= 0.3 is 7.69 Å². The lowest BCUT2D eigenvalue weighted by atomic mass is 10.3. The molecule has 0 fully saturated rings. The second kappa shape index (κ2) is 9.19. The highest BCUT2D eigenvalue weighted by Crippen LogP contribution is 2.26. The third-order valence-corrected chi connectivity index (χ3v) is 4.79. The number of rotatable bonds is 8. The van der Waals surface area contributed by atoms with Gasteiger partial charge in [0.15, 0.2) is 0 Å². The van der Waals surface area contributed by atoms with Gasteiger partial charge in [0.25, 0.3) is 0 Å². The van der Waals surface area contributed by atoms with Gasteiger partial charge in [-0.3, -0.25) is 0 Å². The Morgan fingerprint density at radius 3 is 1.30 bits per heavy atom. The second-order valence-corrected chi connectivity index (χ2v) is 8.91. The molecule has 0 spiro atoms. The monoisotopic (exact) mass is 345 g/mol. The first kappa shape index (κ1) is 18.1. The van der Waals surface area contributed by atoms with Gasteiger partial charge in [0.05, 0.1) is 0 Å². The van der Waals surface area contributed by atoms with Gasteiger partial charge in [-0.15, -0.1) is 23.5 Å². The van der Waals surface area contributed by atoms with Crippen LogP contribution in [0.4, 0.5) is 0 Å². The van der Waals surface area contributed by atoms with Gasteiger partial charge < -0.3 is 9.31 Å². The van der Waals surface area contributed by atoms with Crippen molar-refractivity contribution in [2.24, 2.45) is 0 Å². The Balaban J connectivity index is 1.78. The highest BCUT2D eigenvalue weighted by molar-refractivity contribution is 8.00. The average Bonchev–Trinajstić information content (AvgIpc) is 2.50. The van der Waals surface area contributed by atoms with Gasteiger partial charge in [0.2, 0.25) is 0 Å². The molecule has 0 aromatic heterocycles. The van der Waals surface area contributed by atoms with Crippen molar-refractivity contribution in [1.82, 2.24) is 0 Å². The third kappa shape index (κ3) is 6.84. The van der Waals surface area contributed by atoms with Crippen LogP contribution in [0, 0.1) is 0 Å². The van der Waals surface area contributed by atoms with Crippen LogP contribution in [0.15, 0.2) is 58.3 Å². The number of hydrogen-bond donors (Lipinski definition) is 0.